The van der Waals surface area contributed by atoms with Crippen LogP contribution in [0.1, 0.15) is 11.1 Å². The van der Waals surface area contributed by atoms with Gasteiger partial charge in [0, 0.05) is 10.2 Å². The van der Waals surface area contributed by atoms with Crippen LogP contribution in [0.3, 0.4) is 0 Å². The molecule has 4 nitrogen and oxygen atoms in total. The third kappa shape index (κ3) is 5.33. The van der Waals surface area contributed by atoms with E-state index in [1.165, 1.54) is 0 Å². The Bertz CT molecular complexity index is 626. The van der Waals surface area contributed by atoms with Gasteiger partial charge in [-0.3, -0.25) is 9.59 Å². The molecule has 0 spiro atoms. The molecule has 0 bridgehead atoms. The minimum absolute atomic E-state index is 0.0445. The average Bonchev–Trinajstić information content (AvgIpc) is 2.45. The Morgan fingerprint density at radius 2 is 1.82 bits per heavy atom. The first-order valence-electron chi connectivity index (χ1n) is 6.90. The second-order valence-electron chi connectivity index (χ2n) is 5.00. The Morgan fingerprint density at radius 1 is 1.05 bits per heavy atom. The van der Waals surface area contributed by atoms with E-state index in [2.05, 4.69) is 26.6 Å². The summed E-state index contributed by atoms with van der Waals surface area (Å²) in [7, 11) is 0. The quantitative estimate of drug-likeness (QED) is 0.860. The number of hydrogen-bond acceptors (Lipinski definition) is 2. The highest BCUT2D eigenvalue weighted by Gasteiger charge is 2.07. The van der Waals surface area contributed by atoms with Gasteiger partial charge in [-0.25, -0.2) is 0 Å². The Morgan fingerprint density at radius 3 is 2.55 bits per heavy atom. The zero-order valence-corrected chi connectivity index (χ0v) is 13.8. The van der Waals surface area contributed by atoms with Gasteiger partial charge in [0.2, 0.25) is 11.8 Å². The zero-order valence-electron chi connectivity index (χ0n) is 12.2. The molecular formula is C17H17BrN2O2. The van der Waals surface area contributed by atoms with Gasteiger partial charge in [-0.1, -0.05) is 51.8 Å². The summed E-state index contributed by atoms with van der Waals surface area (Å²) < 4.78 is 0.883. The fourth-order valence-electron chi connectivity index (χ4n) is 2.02. The van der Waals surface area contributed by atoms with E-state index in [1.807, 2.05) is 43.3 Å². The maximum atomic E-state index is 11.8. The van der Waals surface area contributed by atoms with Crippen molar-refractivity contribution in [3.05, 3.63) is 64.1 Å². The number of amides is 2. The molecule has 2 N–H and O–H groups in total. The molecule has 0 fully saturated rings. The summed E-state index contributed by atoms with van der Waals surface area (Å²) in [6, 6.07) is 15.0. The number of carbonyl (C=O) groups excluding carboxylic acids is 2. The molecule has 0 radical (unpaired) electrons. The topological polar surface area (TPSA) is 58.2 Å². The number of benzene rings is 2. The molecule has 22 heavy (non-hydrogen) atoms. The molecule has 2 amide bonds. The first-order chi connectivity index (χ1) is 10.5. The number of hydrogen-bond donors (Lipinski definition) is 2. The van der Waals surface area contributed by atoms with Crippen molar-refractivity contribution in [3.63, 3.8) is 0 Å². The molecular weight excluding hydrogens is 344 g/mol. The highest BCUT2D eigenvalue weighted by atomic mass is 79.9. The predicted molar refractivity (Wildman–Crippen MR) is 90.7 cm³/mol. The first-order valence-corrected chi connectivity index (χ1v) is 7.70. The average molecular weight is 361 g/mol. The Kier molecular flexibility index (Phi) is 5.72. The number of nitrogens with one attached hydrogen (secondary N) is 2. The molecule has 0 unspecified atom stereocenters. The second kappa shape index (κ2) is 7.75. The van der Waals surface area contributed by atoms with Gasteiger partial charge in [-0.15, -0.1) is 0 Å². The third-order valence-corrected chi connectivity index (χ3v) is 3.49. The van der Waals surface area contributed by atoms with Gasteiger partial charge < -0.3 is 10.6 Å². The lowest BCUT2D eigenvalue weighted by atomic mass is 10.1. The third-order valence-electron chi connectivity index (χ3n) is 3.00. The van der Waals surface area contributed by atoms with Crippen LogP contribution in [0.2, 0.25) is 0 Å². The highest BCUT2D eigenvalue weighted by Crippen LogP contribution is 2.15. The summed E-state index contributed by atoms with van der Waals surface area (Å²) >= 11 is 3.34. The largest absolute Gasteiger partial charge is 0.347 e. The van der Waals surface area contributed by atoms with Gasteiger partial charge in [-0.05, 0) is 30.7 Å². The van der Waals surface area contributed by atoms with Crippen LogP contribution in [-0.4, -0.2) is 18.4 Å². The van der Waals surface area contributed by atoms with Gasteiger partial charge in [0.25, 0.3) is 0 Å². The van der Waals surface area contributed by atoms with Crippen LogP contribution in [0.25, 0.3) is 0 Å². The summed E-state index contributed by atoms with van der Waals surface area (Å²) in [5.74, 6) is -0.425. The number of halogens is 1. The molecule has 2 aromatic carbocycles. The Hall–Kier alpha value is -2.14. The molecule has 0 saturated heterocycles. The minimum atomic E-state index is -0.254. The van der Waals surface area contributed by atoms with E-state index in [-0.39, 0.29) is 24.8 Å². The van der Waals surface area contributed by atoms with Crippen LogP contribution in [0.15, 0.2) is 53.0 Å². The van der Waals surface area contributed by atoms with E-state index in [0.29, 0.717) is 5.69 Å². The summed E-state index contributed by atoms with van der Waals surface area (Å²) in [5.41, 5.74) is 2.73. The van der Waals surface area contributed by atoms with E-state index >= 15 is 0 Å². The van der Waals surface area contributed by atoms with E-state index in [4.69, 9.17) is 0 Å². The molecule has 0 atom stereocenters. The lowest BCUT2D eigenvalue weighted by molar-refractivity contribution is -0.123. The van der Waals surface area contributed by atoms with Crippen molar-refractivity contribution in [1.82, 2.24) is 5.32 Å². The second-order valence-corrected chi connectivity index (χ2v) is 5.92. The smallest absolute Gasteiger partial charge is 0.243 e. The van der Waals surface area contributed by atoms with Crippen LogP contribution in [0.4, 0.5) is 5.69 Å². The molecule has 5 heteroatoms. The molecule has 0 aliphatic carbocycles. The summed E-state index contributed by atoms with van der Waals surface area (Å²) in [6.45, 7) is 1.93. The molecule has 114 valence electrons. The molecule has 0 heterocycles. The van der Waals surface area contributed by atoms with Crippen molar-refractivity contribution >= 4 is 33.4 Å². The number of carbonyl (C=O) groups is 2. The summed E-state index contributed by atoms with van der Waals surface area (Å²) in [5, 5.41) is 5.35. The van der Waals surface area contributed by atoms with Crippen molar-refractivity contribution in [2.75, 3.05) is 11.9 Å². The van der Waals surface area contributed by atoms with Crippen molar-refractivity contribution in [1.29, 1.82) is 0 Å². The first kappa shape index (κ1) is 16.2. The fraction of sp³-hybridized carbons (Fsp3) is 0.176. The Labute approximate surface area is 138 Å². The van der Waals surface area contributed by atoms with Crippen LogP contribution in [0, 0.1) is 6.92 Å². The van der Waals surface area contributed by atoms with Crippen LogP contribution >= 0.6 is 15.9 Å². The molecule has 2 aromatic rings. The predicted octanol–water partition coefficient (Wildman–Crippen LogP) is 3.05. The van der Waals surface area contributed by atoms with E-state index in [0.717, 1.165) is 15.6 Å². The van der Waals surface area contributed by atoms with Crippen LogP contribution in [0.5, 0.6) is 0 Å². The number of anilines is 1. The van der Waals surface area contributed by atoms with Crippen molar-refractivity contribution in [2.45, 2.75) is 13.3 Å². The van der Waals surface area contributed by atoms with Gasteiger partial charge in [-0.2, -0.15) is 0 Å². The summed E-state index contributed by atoms with van der Waals surface area (Å²) in [6.07, 6.45) is 0.270. The Balaban J connectivity index is 1.79. The number of rotatable bonds is 5. The van der Waals surface area contributed by atoms with Crippen LogP contribution in [-0.2, 0) is 16.0 Å². The van der Waals surface area contributed by atoms with Gasteiger partial charge in [0.05, 0.1) is 13.0 Å². The van der Waals surface area contributed by atoms with Crippen molar-refractivity contribution in [3.8, 4) is 0 Å². The highest BCUT2D eigenvalue weighted by molar-refractivity contribution is 9.10. The van der Waals surface area contributed by atoms with Crippen LogP contribution < -0.4 is 10.6 Å². The normalized spacial score (nSPS) is 10.1. The van der Waals surface area contributed by atoms with E-state index < -0.39 is 0 Å². The van der Waals surface area contributed by atoms with Gasteiger partial charge >= 0.3 is 0 Å². The molecule has 0 aliphatic rings. The van der Waals surface area contributed by atoms with Gasteiger partial charge in [0.1, 0.15) is 0 Å². The van der Waals surface area contributed by atoms with Crippen molar-refractivity contribution in [2.24, 2.45) is 0 Å². The van der Waals surface area contributed by atoms with Gasteiger partial charge in [0.15, 0.2) is 0 Å². The fourth-order valence-corrected chi connectivity index (χ4v) is 2.42. The van der Waals surface area contributed by atoms with E-state index in [9.17, 15) is 9.59 Å². The molecule has 0 aromatic heterocycles. The lowest BCUT2D eigenvalue weighted by Gasteiger charge is -2.07. The SMILES string of the molecule is Cc1cccc(CC(=O)NCC(=O)Nc2cccc(Br)c2)c1. The maximum Gasteiger partial charge on any atom is 0.243 e. The molecule has 2 rings (SSSR count). The zero-order chi connectivity index (χ0) is 15.9. The maximum absolute atomic E-state index is 11.8. The molecule has 0 saturated carbocycles. The summed E-state index contributed by atoms with van der Waals surface area (Å²) in [4.78, 5) is 23.6. The lowest BCUT2D eigenvalue weighted by Crippen LogP contribution is -2.33. The monoisotopic (exact) mass is 360 g/mol. The standard InChI is InChI=1S/C17H17BrN2O2/c1-12-4-2-5-13(8-12)9-16(21)19-11-17(22)20-15-7-3-6-14(18)10-15/h2-8,10H,9,11H2,1H3,(H,19,21)(H,20,22). The molecule has 0 aliphatic heterocycles. The minimum Gasteiger partial charge on any atom is -0.347 e. The van der Waals surface area contributed by atoms with Crippen molar-refractivity contribution < 1.29 is 9.59 Å². The number of aryl methyl sites for hydroxylation is 1. The van der Waals surface area contributed by atoms with E-state index in [1.54, 1.807) is 12.1 Å².